The highest BCUT2D eigenvalue weighted by Gasteiger charge is 2.40. The van der Waals surface area contributed by atoms with Gasteiger partial charge in [-0.25, -0.2) is 0 Å². The Morgan fingerprint density at radius 3 is 2.89 bits per heavy atom. The van der Waals surface area contributed by atoms with Crippen molar-refractivity contribution in [3.05, 3.63) is 28.2 Å². The van der Waals surface area contributed by atoms with Gasteiger partial charge in [-0.15, -0.1) is 0 Å². The Morgan fingerprint density at radius 1 is 1.42 bits per heavy atom. The van der Waals surface area contributed by atoms with Crippen LogP contribution in [0.5, 0.6) is 0 Å². The van der Waals surface area contributed by atoms with Gasteiger partial charge in [-0.3, -0.25) is 0 Å². The van der Waals surface area contributed by atoms with Crippen LogP contribution in [0.2, 0.25) is 0 Å². The third kappa shape index (κ3) is 2.63. The van der Waals surface area contributed by atoms with Gasteiger partial charge in [0.25, 0.3) is 0 Å². The number of hydrogen-bond acceptors (Lipinski definition) is 3. The van der Waals surface area contributed by atoms with Crippen LogP contribution in [0.15, 0.2) is 22.7 Å². The zero-order chi connectivity index (χ0) is 13.3. The first kappa shape index (κ1) is 13.0. The SMILES string of the molecule is N#Cc1ccc(NC2CCNC3(CCC3)C2)cc1Br. The molecule has 0 radical (unpaired) electrons. The number of nitriles is 1. The molecule has 2 N–H and O–H groups in total. The van der Waals surface area contributed by atoms with Crippen LogP contribution in [0, 0.1) is 11.3 Å². The van der Waals surface area contributed by atoms with Crippen molar-refractivity contribution in [3.8, 4) is 6.07 Å². The second kappa shape index (κ2) is 5.15. The number of piperidine rings is 1. The molecule has 2 aliphatic rings. The predicted octanol–water partition coefficient (Wildman–Crippen LogP) is 3.41. The van der Waals surface area contributed by atoms with Crippen LogP contribution in [-0.2, 0) is 0 Å². The Kier molecular flexibility index (Phi) is 3.51. The summed E-state index contributed by atoms with van der Waals surface area (Å²) in [6.45, 7) is 1.11. The number of benzene rings is 1. The minimum absolute atomic E-state index is 0.416. The van der Waals surface area contributed by atoms with E-state index in [9.17, 15) is 0 Å². The van der Waals surface area contributed by atoms with Gasteiger partial charge in [-0.05, 0) is 72.8 Å². The first-order valence-corrected chi connectivity index (χ1v) is 7.71. The summed E-state index contributed by atoms with van der Waals surface area (Å²) in [5.74, 6) is 0. The van der Waals surface area contributed by atoms with Crippen LogP contribution in [0.25, 0.3) is 0 Å². The monoisotopic (exact) mass is 319 g/mol. The zero-order valence-corrected chi connectivity index (χ0v) is 12.5. The molecule has 1 aromatic rings. The molecule has 0 amide bonds. The fraction of sp³-hybridized carbons (Fsp3) is 0.533. The number of rotatable bonds is 2. The lowest BCUT2D eigenvalue weighted by Gasteiger charge is -2.48. The number of hydrogen-bond donors (Lipinski definition) is 2. The lowest BCUT2D eigenvalue weighted by Crippen LogP contribution is -2.58. The maximum absolute atomic E-state index is 8.93. The molecule has 1 unspecified atom stereocenters. The first-order valence-electron chi connectivity index (χ1n) is 6.92. The lowest BCUT2D eigenvalue weighted by atomic mass is 9.70. The van der Waals surface area contributed by atoms with E-state index in [2.05, 4.69) is 32.6 Å². The van der Waals surface area contributed by atoms with Crippen molar-refractivity contribution in [3.63, 3.8) is 0 Å². The quantitative estimate of drug-likeness (QED) is 0.878. The normalized spacial score (nSPS) is 24.5. The summed E-state index contributed by atoms with van der Waals surface area (Å²) in [4.78, 5) is 0. The molecule has 1 aromatic carbocycles. The van der Waals surface area contributed by atoms with E-state index in [4.69, 9.17) is 5.26 Å². The summed E-state index contributed by atoms with van der Waals surface area (Å²) in [5, 5.41) is 16.2. The standard InChI is InChI=1S/C15H18BrN3/c16-14-8-12(3-2-11(14)10-17)19-13-4-7-18-15(9-13)5-1-6-15/h2-3,8,13,18-19H,1,4-7,9H2. The highest BCUT2D eigenvalue weighted by atomic mass is 79.9. The predicted molar refractivity (Wildman–Crippen MR) is 80.1 cm³/mol. The molecule has 0 aromatic heterocycles. The van der Waals surface area contributed by atoms with Crippen LogP contribution in [0.4, 0.5) is 5.69 Å². The van der Waals surface area contributed by atoms with Gasteiger partial charge in [0.2, 0.25) is 0 Å². The van der Waals surface area contributed by atoms with E-state index in [0.29, 0.717) is 17.1 Å². The Labute approximate surface area is 122 Å². The van der Waals surface area contributed by atoms with Gasteiger partial charge in [-0.2, -0.15) is 5.26 Å². The van der Waals surface area contributed by atoms with Gasteiger partial charge in [0, 0.05) is 21.7 Å². The molecule has 4 heteroatoms. The number of anilines is 1. The van der Waals surface area contributed by atoms with E-state index < -0.39 is 0 Å². The van der Waals surface area contributed by atoms with Crippen LogP contribution < -0.4 is 10.6 Å². The molecule has 3 rings (SSSR count). The number of nitrogens with zero attached hydrogens (tertiary/aromatic N) is 1. The Hall–Kier alpha value is -1.05. The van der Waals surface area contributed by atoms with E-state index in [1.165, 1.54) is 32.1 Å². The third-order valence-corrected chi connectivity index (χ3v) is 5.06. The summed E-state index contributed by atoms with van der Waals surface area (Å²) in [5.41, 5.74) is 2.21. The average molecular weight is 320 g/mol. The summed E-state index contributed by atoms with van der Waals surface area (Å²) < 4.78 is 0.868. The van der Waals surface area contributed by atoms with Gasteiger partial charge >= 0.3 is 0 Å². The smallest absolute Gasteiger partial charge is 0.100 e. The minimum Gasteiger partial charge on any atom is -0.382 e. The second-order valence-electron chi connectivity index (χ2n) is 5.70. The maximum atomic E-state index is 8.93. The second-order valence-corrected chi connectivity index (χ2v) is 6.56. The molecule has 1 aliphatic heterocycles. The molecule has 100 valence electrons. The highest BCUT2D eigenvalue weighted by molar-refractivity contribution is 9.10. The molecule has 1 atom stereocenters. The van der Waals surface area contributed by atoms with Gasteiger partial charge in [0.05, 0.1) is 5.56 Å². The van der Waals surface area contributed by atoms with E-state index in [1.54, 1.807) is 0 Å². The number of nitrogens with one attached hydrogen (secondary N) is 2. The molecule has 1 saturated heterocycles. The third-order valence-electron chi connectivity index (χ3n) is 4.40. The molecule has 0 bridgehead atoms. The summed E-state index contributed by atoms with van der Waals surface area (Å²) in [6, 6.07) is 8.59. The molecular formula is C15H18BrN3. The molecule has 19 heavy (non-hydrogen) atoms. The summed E-state index contributed by atoms with van der Waals surface area (Å²) in [7, 11) is 0. The molecule has 1 heterocycles. The molecule has 1 aliphatic carbocycles. The van der Waals surface area contributed by atoms with Crippen LogP contribution >= 0.6 is 15.9 Å². The number of halogens is 1. The summed E-state index contributed by atoms with van der Waals surface area (Å²) in [6.07, 6.45) is 6.39. The first-order chi connectivity index (χ1) is 9.21. The Morgan fingerprint density at radius 2 is 2.26 bits per heavy atom. The maximum Gasteiger partial charge on any atom is 0.100 e. The average Bonchev–Trinajstić information content (AvgIpc) is 2.37. The topological polar surface area (TPSA) is 47.9 Å². The van der Waals surface area contributed by atoms with Gasteiger partial charge in [0.1, 0.15) is 6.07 Å². The van der Waals surface area contributed by atoms with Crippen molar-refractivity contribution in [2.75, 3.05) is 11.9 Å². The molecular weight excluding hydrogens is 302 g/mol. The molecule has 1 saturated carbocycles. The van der Waals surface area contributed by atoms with Gasteiger partial charge in [0.15, 0.2) is 0 Å². The fourth-order valence-electron chi connectivity index (χ4n) is 3.20. The van der Waals surface area contributed by atoms with Crippen molar-refractivity contribution in [2.45, 2.75) is 43.7 Å². The highest BCUT2D eigenvalue weighted by Crippen LogP contribution is 2.39. The van der Waals surface area contributed by atoms with Crippen molar-refractivity contribution in [1.82, 2.24) is 5.32 Å². The van der Waals surface area contributed by atoms with Crippen molar-refractivity contribution >= 4 is 21.6 Å². The summed E-state index contributed by atoms with van der Waals surface area (Å²) >= 11 is 3.44. The lowest BCUT2D eigenvalue weighted by molar-refractivity contribution is 0.135. The Balaban J connectivity index is 1.68. The van der Waals surface area contributed by atoms with Gasteiger partial charge < -0.3 is 10.6 Å². The minimum atomic E-state index is 0.416. The van der Waals surface area contributed by atoms with Crippen molar-refractivity contribution < 1.29 is 0 Å². The van der Waals surface area contributed by atoms with Crippen LogP contribution in [0.1, 0.15) is 37.7 Å². The van der Waals surface area contributed by atoms with E-state index in [-0.39, 0.29) is 0 Å². The van der Waals surface area contributed by atoms with Crippen molar-refractivity contribution in [1.29, 1.82) is 5.26 Å². The molecule has 1 spiro atoms. The van der Waals surface area contributed by atoms with Gasteiger partial charge in [-0.1, -0.05) is 0 Å². The van der Waals surface area contributed by atoms with E-state index >= 15 is 0 Å². The largest absolute Gasteiger partial charge is 0.382 e. The van der Waals surface area contributed by atoms with E-state index in [1.807, 2.05) is 18.2 Å². The van der Waals surface area contributed by atoms with E-state index in [0.717, 1.165) is 16.7 Å². The Bertz CT molecular complexity index is 517. The van der Waals surface area contributed by atoms with Crippen molar-refractivity contribution in [2.24, 2.45) is 0 Å². The molecule has 3 nitrogen and oxygen atoms in total. The molecule has 2 fully saturated rings. The fourth-order valence-corrected chi connectivity index (χ4v) is 3.66. The van der Waals surface area contributed by atoms with Crippen LogP contribution in [0.3, 0.4) is 0 Å². The van der Waals surface area contributed by atoms with Crippen LogP contribution in [-0.4, -0.2) is 18.1 Å². The zero-order valence-electron chi connectivity index (χ0n) is 10.9.